The molecule has 0 bridgehead atoms. The Hall–Kier alpha value is -0.740. The fourth-order valence-electron chi connectivity index (χ4n) is 2.06. The molecule has 1 aromatic rings. The minimum Gasteiger partial charge on any atom is -0.324 e. The van der Waals surface area contributed by atoms with Crippen LogP contribution in [0.15, 0.2) is 17.0 Å². The molecule has 1 aliphatic carbocycles. The summed E-state index contributed by atoms with van der Waals surface area (Å²) in [6.45, 7) is 2.26. The van der Waals surface area contributed by atoms with Gasteiger partial charge in [0.05, 0.1) is 5.69 Å². The van der Waals surface area contributed by atoms with Gasteiger partial charge in [-0.25, -0.2) is 0 Å². The van der Waals surface area contributed by atoms with Gasteiger partial charge in [-0.3, -0.25) is 0 Å². The van der Waals surface area contributed by atoms with Crippen molar-refractivity contribution < 1.29 is 0 Å². The summed E-state index contributed by atoms with van der Waals surface area (Å²) in [7, 11) is 0. The van der Waals surface area contributed by atoms with E-state index in [1.165, 1.54) is 17.1 Å². The lowest BCUT2D eigenvalue weighted by Crippen LogP contribution is -2.25. The third-order valence-corrected chi connectivity index (χ3v) is 3.10. The van der Waals surface area contributed by atoms with Crippen molar-refractivity contribution in [3.8, 4) is 0 Å². The van der Waals surface area contributed by atoms with E-state index < -0.39 is 0 Å². The Morgan fingerprint density at radius 2 is 2.50 bits per heavy atom. The fourth-order valence-corrected chi connectivity index (χ4v) is 2.51. The van der Waals surface area contributed by atoms with Gasteiger partial charge >= 0.3 is 0 Å². The van der Waals surface area contributed by atoms with Gasteiger partial charge in [0.1, 0.15) is 0 Å². The standard InChI is InChI=1S/C10H15N3S/c1-7-2-8(4-9(11)3-7)5-10-6-14-13-12-10/h4,6-7,9H,2-3,5,11H2,1H3. The summed E-state index contributed by atoms with van der Waals surface area (Å²) in [4.78, 5) is 0. The Morgan fingerprint density at radius 1 is 1.64 bits per heavy atom. The summed E-state index contributed by atoms with van der Waals surface area (Å²) in [6, 6.07) is 0.236. The van der Waals surface area contributed by atoms with Gasteiger partial charge in [0.25, 0.3) is 0 Å². The average Bonchev–Trinajstić information content (AvgIpc) is 2.54. The van der Waals surface area contributed by atoms with Gasteiger partial charge in [-0.1, -0.05) is 23.1 Å². The van der Waals surface area contributed by atoms with E-state index in [2.05, 4.69) is 22.6 Å². The molecule has 0 radical (unpaired) electrons. The molecule has 0 aromatic carbocycles. The Kier molecular flexibility index (Phi) is 2.93. The Morgan fingerprint density at radius 3 is 3.14 bits per heavy atom. The molecule has 2 rings (SSSR count). The summed E-state index contributed by atoms with van der Waals surface area (Å²) in [5.74, 6) is 0.705. The molecule has 0 aliphatic heterocycles. The molecule has 0 spiro atoms. The zero-order chi connectivity index (χ0) is 9.97. The predicted octanol–water partition coefficient (Wildman–Crippen LogP) is 1.76. The van der Waals surface area contributed by atoms with Crippen molar-refractivity contribution in [1.29, 1.82) is 0 Å². The van der Waals surface area contributed by atoms with E-state index in [1.54, 1.807) is 0 Å². The molecule has 1 heterocycles. The van der Waals surface area contributed by atoms with Crippen LogP contribution in [0.4, 0.5) is 0 Å². The third kappa shape index (κ3) is 2.39. The number of nitrogens with zero attached hydrogens (tertiary/aromatic N) is 2. The van der Waals surface area contributed by atoms with Crippen LogP contribution in [0.2, 0.25) is 0 Å². The van der Waals surface area contributed by atoms with E-state index in [4.69, 9.17) is 5.73 Å². The van der Waals surface area contributed by atoms with E-state index in [0.29, 0.717) is 5.92 Å². The number of hydrogen-bond acceptors (Lipinski definition) is 4. The lowest BCUT2D eigenvalue weighted by molar-refractivity contribution is 0.467. The molecule has 4 heteroatoms. The largest absolute Gasteiger partial charge is 0.324 e. The highest BCUT2D eigenvalue weighted by molar-refractivity contribution is 7.03. The van der Waals surface area contributed by atoms with Gasteiger partial charge < -0.3 is 5.73 Å². The summed E-state index contributed by atoms with van der Waals surface area (Å²) >= 11 is 1.41. The van der Waals surface area contributed by atoms with Gasteiger partial charge in [-0.05, 0) is 30.3 Å². The highest BCUT2D eigenvalue weighted by Crippen LogP contribution is 2.25. The van der Waals surface area contributed by atoms with Gasteiger partial charge in [-0.15, -0.1) is 5.10 Å². The topological polar surface area (TPSA) is 51.8 Å². The molecule has 2 N–H and O–H groups in total. The number of allylic oxidation sites excluding steroid dienone is 1. The maximum absolute atomic E-state index is 5.93. The second-order valence-corrected chi connectivity index (χ2v) is 4.72. The van der Waals surface area contributed by atoms with Crippen molar-refractivity contribution >= 4 is 11.5 Å². The van der Waals surface area contributed by atoms with Crippen LogP contribution in [0.1, 0.15) is 25.5 Å². The van der Waals surface area contributed by atoms with E-state index in [9.17, 15) is 0 Å². The number of nitrogens with two attached hydrogens (primary N) is 1. The van der Waals surface area contributed by atoms with E-state index in [1.807, 2.05) is 5.38 Å². The first-order valence-electron chi connectivity index (χ1n) is 4.95. The smallest absolute Gasteiger partial charge is 0.0795 e. The summed E-state index contributed by atoms with van der Waals surface area (Å²) in [5.41, 5.74) is 8.43. The maximum Gasteiger partial charge on any atom is 0.0795 e. The van der Waals surface area contributed by atoms with Crippen LogP contribution in [0.5, 0.6) is 0 Å². The molecule has 1 aromatic heterocycles. The van der Waals surface area contributed by atoms with Gasteiger partial charge in [0.2, 0.25) is 0 Å². The van der Waals surface area contributed by atoms with Crippen LogP contribution >= 0.6 is 11.5 Å². The highest BCUT2D eigenvalue weighted by Gasteiger charge is 2.17. The molecular weight excluding hydrogens is 194 g/mol. The second-order valence-electron chi connectivity index (χ2n) is 4.11. The lowest BCUT2D eigenvalue weighted by Gasteiger charge is -2.23. The molecule has 0 amide bonds. The molecule has 2 unspecified atom stereocenters. The third-order valence-electron chi connectivity index (χ3n) is 2.55. The van der Waals surface area contributed by atoms with E-state index in [0.717, 1.165) is 25.0 Å². The van der Waals surface area contributed by atoms with Crippen LogP contribution in [0.3, 0.4) is 0 Å². The maximum atomic E-state index is 5.93. The van der Waals surface area contributed by atoms with Crippen molar-refractivity contribution in [2.45, 2.75) is 32.2 Å². The minimum atomic E-state index is 0.236. The van der Waals surface area contributed by atoms with Crippen molar-refractivity contribution in [1.82, 2.24) is 9.59 Å². The van der Waals surface area contributed by atoms with E-state index >= 15 is 0 Å². The molecule has 76 valence electrons. The van der Waals surface area contributed by atoms with Crippen LogP contribution in [-0.2, 0) is 6.42 Å². The quantitative estimate of drug-likeness (QED) is 0.755. The Labute approximate surface area is 88.2 Å². The monoisotopic (exact) mass is 209 g/mol. The summed E-state index contributed by atoms with van der Waals surface area (Å²) in [5, 5.41) is 6.05. The zero-order valence-corrected chi connectivity index (χ0v) is 9.13. The minimum absolute atomic E-state index is 0.236. The normalized spacial score (nSPS) is 27.4. The number of aromatic nitrogens is 2. The molecule has 0 saturated carbocycles. The van der Waals surface area contributed by atoms with Gasteiger partial charge in [-0.2, -0.15) is 0 Å². The predicted molar refractivity (Wildman–Crippen MR) is 58.1 cm³/mol. The molecule has 3 nitrogen and oxygen atoms in total. The molecule has 0 saturated heterocycles. The average molecular weight is 209 g/mol. The first kappa shape index (κ1) is 9.80. The highest BCUT2D eigenvalue weighted by atomic mass is 32.1. The van der Waals surface area contributed by atoms with Crippen molar-refractivity contribution in [3.05, 3.63) is 22.7 Å². The van der Waals surface area contributed by atoms with Crippen molar-refractivity contribution in [3.63, 3.8) is 0 Å². The van der Waals surface area contributed by atoms with Crippen LogP contribution in [0.25, 0.3) is 0 Å². The van der Waals surface area contributed by atoms with E-state index in [-0.39, 0.29) is 6.04 Å². The Balaban J connectivity index is 2.04. The molecular formula is C10H15N3S. The molecule has 2 atom stereocenters. The first-order chi connectivity index (χ1) is 6.74. The SMILES string of the molecule is CC1CC(Cc2csnn2)=CC(N)C1. The summed E-state index contributed by atoms with van der Waals surface area (Å²) in [6.07, 6.45) is 5.39. The lowest BCUT2D eigenvalue weighted by atomic mass is 9.86. The van der Waals surface area contributed by atoms with Gasteiger partial charge in [0, 0.05) is 17.8 Å². The van der Waals surface area contributed by atoms with Crippen molar-refractivity contribution in [2.75, 3.05) is 0 Å². The second kappa shape index (κ2) is 4.19. The van der Waals surface area contributed by atoms with Crippen LogP contribution in [0, 0.1) is 5.92 Å². The fraction of sp³-hybridized carbons (Fsp3) is 0.600. The van der Waals surface area contributed by atoms with Gasteiger partial charge in [0.15, 0.2) is 0 Å². The van der Waals surface area contributed by atoms with Crippen LogP contribution < -0.4 is 5.73 Å². The number of hydrogen-bond donors (Lipinski definition) is 1. The Bertz CT molecular complexity index is 318. The molecule has 14 heavy (non-hydrogen) atoms. The number of rotatable bonds is 2. The first-order valence-corrected chi connectivity index (χ1v) is 5.79. The van der Waals surface area contributed by atoms with Crippen LogP contribution in [-0.4, -0.2) is 15.6 Å². The summed E-state index contributed by atoms with van der Waals surface area (Å²) < 4.78 is 3.86. The molecule has 0 fully saturated rings. The zero-order valence-electron chi connectivity index (χ0n) is 8.31. The molecule has 1 aliphatic rings. The van der Waals surface area contributed by atoms with Crippen molar-refractivity contribution in [2.24, 2.45) is 11.7 Å².